The molecule has 3 amide bonds. The molecule has 0 aromatic heterocycles. The van der Waals surface area contributed by atoms with Crippen LogP contribution in [0.3, 0.4) is 0 Å². The lowest BCUT2D eigenvalue weighted by molar-refractivity contribution is -0.145. The van der Waals surface area contributed by atoms with Gasteiger partial charge in [0.15, 0.2) is 0 Å². The Labute approximate surface area is 164 Å². The largest absolute Gasteiger partial charge is 0.392 e. The second kappa shape index (κ2) is 6.12. The first-order valence-corrected chi connectivity index (χ1v) is 9.91. The highest BCUT2D eigenvalue weighted by Crippen LogP contribution is 2.54. The standard InChI is InChI=1S/C21H27N3O4/c1-6-10(3)24-18(26)14-15(19(24)27)21(23-17(14)12(5)25)13-8-7-9(2)11(4)16(13)22-20(21)28/h7-8,10,12,14-15,17,23,25H,6H2,1-5H3,(H,22,28)/t10-,12-,14-,15-,17-,21+/m0/s1. The molecule has 1 aromatic carbocycles. The number of hydrogen-bond acceptors (Lipinski definition) is 5. The Morgan fingerprint density at radius 3 is 2.46 bits per heavy atom. The first-order chi connectivity index (χ1) is 13.2. The molecule has 7 heteroatoms. The van der Waals surface area contributed by atoms with Crippen molar-refractivity contribution in [2.24, 2.45) is 11.8 Å². The quantitative estimate of drug-likeness (QED) is 0.679. The number of carbonyl (C=O) groups is 3. The predicted molar refractivity (Wildman–Crippen MR) is 103 cm³/mol. The third kappa shape index (κ3) is 2.14. The number of aliphatic hydroxyl groups is 1. The van der Waals surface area contributed by atoms with E-state index in [0.29, 0.717) is 17.7 Å². The van der Waals surface area contributed by atoms with E-state index in [9.17, 15) is 19.5 Å². The van der Waals surface area contributed by atoms with Gasteiger partial charge in [-0.15, -0.1) is 0 Å². The second-order valence-electron chi connectivity index (χ2n) is 8.41. The molecule has 0 radical (unpaired) electrons. The SMILES string of the molecule is CC[C@H](C)N1C(=O)[C@@H]2[C@H]([C@H](C)O)N[C@@]3(C(=O)Nc4c3ccc(C)c4C)[C@@H]2C1=O. The predicted octanol–water partition coefficient (Wildman–Crippen LogP) is 1.20. The maximum atomic E-state index is 13.4. The van der Waals surface area contributed by atoms with Crippen molar-refractivity contribution < 1.29 is 19.5 Å². The van der Waals surface area contributed by atoms with Gasteiger partial charge in [0.1, 0.15) is 5.54 Å². The second-order valence-corrected chi connectivity index (χ2v) is 8.41. The Morgan fingerprint density at radius 2 is 1.86 bits per heavy atom. The zero-order valence-corrected chi connectivity index (χ0v) is 16.9. The zero-order valence-electron chi connectivity index (χ0n) is 16.9. The first kappa shape index (κ1) is 19.1. The van der Waals surface area contributed by atoms with Crippen LogP contribution < -0.4 is 10.6 Å². The third-order valence-corrected chi connectivity index (χ3v) is 6.94. The summed E-state index contributed by atoms with van der Waals surface area (Å²) < 4.78 is 0. The van der Waals surface area contributed by atoms with Crippen LogP contribution in [0.5, 0.6) is 0 Å². The molecule has 150 valence electrons. The van der Waals surface area contributed by atoms with Crippen LogP contribution in [0.15, 0.2) is 12.1 Å². The van der Waals surface area contributed by atoms with Crippen LogP contribution >= 0.6 is 0 Å². The van der Waals surface area contributed by atoms with Gasteiger partial charge in [-0.25, -0.2) is 0 Å². The number of hydrogen-bond donors (Lipinski definition) is 3. The molecule has 2 saturated heterocycles. The summed E-state index contributed by atoms with van der Waals surface area (Å²) in [6, 6.07) is 2.86. The van der Waals surface area contributed by atoms with Crippen LogP contribution in [0.25, 0.3) is 0 Å². The summed E-state index contributed by atoms with van der Waals surface area (Å²) in [6.45, 7) is 9.24. The number of aliphatic hydroxyl groups excluding tert-OH is 1. The van der Waals surface area contributed by atoms with E-state index in [1.54, 1.807) is 6.92 Å². The Morgan fingerprint density at radius 1 is 1.18 bits per heavy atom. The smallest absolute Gasteiger partial charge is 0.250 e. The minimum atomic E-state index is -1.34. The molecule has 0 aliphatic carbocycles. The van der Waals surface area contributed by atoms with Gasteiger partial charge in [0.25, 0.3) is 0 Å². The summed E-state index contributed by atoms with van der Waals surface area (Å²) in [5.41, 5.74) is 2.02. The number of imide groups is 1. The Hall–Kier alpha value is -2.25. The number of nitrogens with one attached hydrogen (secondary N) is 2. The van der Waals surface area contributed by atoms with Crippen molar-refractivity contribution in [3.8, 4) is 0 Å². The summed E-state index contributed by atoms with van der Waals surface area (Å²) in [4.78, 5) is 41.2. The maximum absolute atomic E-state index is 13.4. The molecule has 3 N–H and O–H groups in total. The topological polar surface area (TPSA) is 98.7 Å². The molecule has 4 rings (SSSR count). The van der Waals surface area contributed by atoms with Crippen molar-refractivity contribution in [2.45, 2.75) is 64.8 Å². The lowest BCUT2D eigenvalue weighted by Crippen LogP contribution is -2.55. The minimum Gasteiger partial charge on any atom is -0.392 e. The molecule has 6 atom stereocenters. The normalized spacial score (nSPS) is 33.3. The molecule has 7 nitrogen and oxygen atoms in total. The number of rotatable bonds is 3. The molecule has 0 bridgehead atoms. The van der Waals surface area contributed by atoms with E-state index in [1.165, 1.54) is 4.90 Å². The van der Waals surface area contributed by atoms with Crippen molar-refractivity contribution in [1.82, 2.24) is 10.2 Å². The van der Waals surface area contributed by atoms with Gasteiger partial charge in [0, 0.05) is 23.3 Å². The molecule has 0 saturated carbocycles. The van der Waals surface area contributed by atoms with Crippen molar-refractivity contribution in [3.05, 3.63) is 28.8 Å². The fourth-order valence-electron chi connectivity index (χ4n) is 5.10. The van der Waals surface area contributed by atoms with Gasteiger partial charge in [-0.2, -0.15) is 0 Å². The number of likely N-dealkylation sites (tertiary alicyclic amines) is 1. The number of aryl methyl sites for hydroxylation is 1. The average Bonchev–Trinajstić information content (AvgIpc) is 3.24. The number of benzene rings is 1. The summed E-state index contributed by atoms with van der Waals surface area (Å²) >= 11 is 0. The van der Waals surface area contributed by atoms with Gasteiger partial charge >= 0.3 is 0 Å². The van der Waals surface area contributed by atoms with E-state index in [4.69, 9.17) is 0 Å². The maximum Gasteiger partial charge on any atom is 0.250 e. The van der Waals surface area contributed by atoms with E-state index in [0.717, 1.165) is 11.1 Å². The monoisotopic (exact) mass is 385 g/mol. The summed E-state index contributed by atoms with van der Waals surface area (Å²) in [7, 11) is 0. The van der Waals surface area contributed by atoms with E-state index < -0.39 is 29.5 Å². The molecular formula is C21H27N3O4. The Balaban J connectivity index is 1.93. The Bertz CT molecular complexity index is 896. The highest BCUT2D eigenvalue weighted by atomic mass is 16.3. The van der Waals surface area contributed by atoms with Gasteiger partial charge in [-0.05, 0) is 45.2 Å². The lowest BCUT2D eigenvalue weighted by atomic mass is 9.76. The van der Waals surface area contributed by atoms with E-state index in [-0.39, 0.29) is 23.8 Å². The fraction of sp³-hybridized carbons (Fsp3) is 0.571. The Kier molecular flexibility index (Phi) is 4.17. The molecule has 2 fully saturated rings. The van der Waals surface area contributed by atoms with Crippen LogP contribution in [0.4, 0.5) is 5.69 Å². The van der Waals surface area contributed by atoms with Gasteiger partial charge in [0.05, 0.1) is 17.9 Å². The van der Waals surface area contributed by atoms with E-state index >= 15 is 0 Å². The van der Waals surface area contributed by atoms with Gasteiger partial charge in [0.2, 0.25) is 17.7 Å². The molecular weight excluding hydrogens is 358 g/mol. The number of nitrogens with zero attached hydrogens (tertiary/aromatic N) is 1. The van der Waals surface area contributed by atoms with Crippen molar-refractivity contribution in [3.63, 3.8) is 0 Å². The lowest BCUT2D eigenvalue weighted by Gasteiger charge is -2.31. The van der Waals surface area contributed by atoms with Gasteiger partial charge in [-0.3, -0.25) is 24.6 Å². The van der Waals surface area contributed by atoms with E-state index in [2.05, 4.69) is 10.6 Å². The van der Waals surface area contributed by atoms with Crippen LogP contribution in [-0.2, 0) is 19.9 Å². The highest BCUT2D eigenvalue weighted by Gasteiger charge is 2.71. The molecule has 3 heterocycles. The van der Waals surface area contributed by atoms with E-state index in [1.807, 2.05) is 39.8 Å². The highest BCUT2D eigenvalue weighted by molar-refractivity contribution is 6.15. The summed E-state index contributed by atoms with van der Waals surface area (Å²) in [5.74, 6) is -2.59. The molecule has 1 spiro atoms. The van der Waals surface area contributed by atoms with Crippen LogP contribution in [0.1, 0.15) is 43.9 Å². The number of carbonyl (C=O) groups excluding carboxylic acids is 3. The average molecular weight is 385 g/mol. The summed E-state index contributed by atoms with van der Waals surface area (Å²) in [5, 5.41) is 16.6. The molecule has 28 heavy (non-hydrogen) atoms. The van der Waals surface area contributed by atoms with Crippen molar-refractivity contribution >= 4 is 23.4 Å². The van der Waals surface area contributed by atoms with Crippen LogP contribution in [0, 0.1) is 25.7 Å². The molecule has 0 unspecified atom stereocenters. The molecule has 3 aliphatic rings. The zero-order chi connectivity index (χ0) is 20.5. The van der Waals surface area contributed by atoms with Gasteiger partial charge in [-0.1, -0.05) is 19.1 Å². The van der Waals surface area contributed by atoms with Crippen molar-refractivity contribution in [2.75, 3.05) is 5.32 Å². The fourth-order valence-corrected chi connectivity index (χ4v) is 5.10. The van der Waals surface area contributed by atoms with Gasteiger partial charge < -0.3 is 10.4 Å². The number of fused-ring (bicyclic) bond motifs is 4. The molecule has 3 aliphatic heterocycles. The summed E-state index contributed by atoms with van der Waals surface area (Å²) in [6.07, 6.45) is -0.249. The first-order valence-electron chi connectivity index (χ1n) is 9.91. The molecule has 1 aromatic rings. The van der Waals surface area contributed by atoms with Crippen molar-refractivity contribution in [1.29, 1.82) is 0 Å². The third-order valence-electron chi connectivity index (χ3n) is 6.94. The van der Waals surface area contributed by atoms with Crippen LogP contribution in [0.2, 0.25) is 0 Å². The van der Waals surface area contributed by atoms with Crippen LogP contribution in [-0.4, -0.2) is 45.9 Å². The number of amides is 3. The number of anilines is 1. The minimum absolute atomic E-state index is 0.249.